The van der Waals surface area contributed by atoms with E-state index in [9.17, 15) is 4.79 Å². The van der Waals surface area contributed by atoms with E-state index >= 15 is 0 Å². The quantitative estimate of drug-likeness (QED) is 0.694. The van der Waals surface area contributed by atoms with Crippen LogP contribution in [0.3, 0.4) is 0 Å². The number of aryl methyl sites for hydroxylation is 1. The molecule has 2 aromatic carbocycles. The van der Waals surface area contributed by atoms with E-state index in [1.807, 2.05) is 61.5 Å². The highest BCUT2D eigenvalue weighted by molar-refractivity contribution is 7.71. The van der Waals surface area contributed by atoms with Crippen molar-refractivity contribution in [2.75, 3.05) is 0 Å². The van der Waals surface area contributed by atoms with E-state index in [2.05, 4.69) is 9.97 Å². The summed E-state index contributed by atoms with van der Waals surface area (Å²) >= 11 is 4.97. The predicted molar refractivity (Wildman–Crippen MR) is 97.0 cm³/mol. The molecule has 24 heavy (non-hydrogen) atoms. The Morgan fingerprint density at radius 3 is 2.33 bits per heavy atom. The first-order valence-corrected chi connectivity index (χ1v) is 8.10. The molecule has 3 aromatic rings. The highest BCUT2D eigenvalue weighted by Crippen LogP contribution is 2.16. The van der Waals surface area contributed by atoms with E-state index in [-0.39, 0.29) is 5.56 Å². The fourth-order valence-electron chi connectivity index (χ4n) is 2.49. The number of hydrogen-bond donors (Lipinski definition) is 2. The van der Waals surface area contributed by atoms with Crippen LogP contribution in [0.15, 0.2) is 59.4 Å². The van der Waals surface area contributed by atoms with Crippen molar-refractivity contribution < 1.29 is 4.74 Å². The number of aromatic nitrogens is 2. The van der Waals surface area contributed by atoms with E-state index in [1.165, 1.54) is 0 Å². The Bertz CT molecular complexity index is 928. The summed E-state index contributed by atoms with van der Waals surface area (Å²) in [7, 11) is 0. The van der Waals surface area contributed by atoms with Gasteiger partial charge in [-0.25, -0.2) is 0 Å². The van der Waals surface area contributed by atoms with Gasteiger partial charge in [0.05, 0.1) is 0 Å². The molecule has 1 heterocycles. The molecular weight excluding hydrogens is 320 g/mol. The Labute approximate surface area is 145 Å². The third kappa shape index (κ3) is 4.00. The lowest BCUT2D eigenvalue weighted by Crippen LogP contribution is -2.16. The van der Waals surface area contributed by atoms with E-state index in [0.717, 1.165) is 22.6 Å². The summed E-state index contributed by atoms with van der Waals surface area (Å²) in [5, 5.41) is 0. The second-order valence-electron chi connectivity index (χ2n) is 5.61. The molecule has 0 bridgehead atoms. The number of hydrogen-bond acceptors (Lipinski definition) is 3. The van der Waals surface area contributed by atoms with Crippen LogP contribution in [-0.2, 0) is 13.0 Å². The van der Waals surface area contributed by atoms with Gasteiger partial charge in [-0.3, -0.25) is 9.78 Å². The highest BCUT2D eigenvalue weighted by atomic mass is 32.1. The second-order valence-corrected chi connectivity index (χ2v) is 6.02. The monoisotopic (exact) mass is 338 g/mol. The van der Waals surface area contributed by atoms with Crippen LogP contribution in [0.5, 0.6) is 5.75 Å². The molecule has 0 unspecified atom stereocenters. The first-order valence-electron chi connectivity index (χ1n) is 7.69. The zero-order valence-corrected chi connectivity index (χ0v) is 14.2. The lowest BCUT2D eigenvalue weighted by molar-refractivity contribution is 0.306. The predicted octanol–water partition coefficient (Wildman–Crippen LogP) is 3.91. The van der Waals surface area contributed by atoms with Crippen LogP contribution in [0.25, 0.3) is 0 Å². The normalized spacial score (nSPS) is 10.5. The van der Waals surface area contributed by atoms with Crippen molar-refractivity contribution in [1.82, 2.24) is 9.97 Å². The lowest BCUT2D eigenvalue weighted by Gasteiger charge is -2.08. The molecule has 122 valence electrons. The van der Waals surface area contributed by atoms with Gasteiger partial charge in [-0.1, -0.05) is 42.5 Å². The van der Waals surface area contributed by atoms with Crippen LogP contribution in [0.2, 0.25) is 0 Å². The van der Waals surface area contributed by atoms with Crippen LogP contribution in [-0.4, -0.2) is 9.97 Å². The van der Waals surface area contributed by atoms with Gasteiger partial charge in [-0.15, -0.1) is 0 Å². The van der Waals surface area contributed by atoms with E-state index < -0.39 is 0 Å². The van der Waals surface area contributed by atoms with Crippen LogP contribution >= 0.6 is 12.2 Å². The molecule has 0 amide bonds. The molecule has 2 N–H and O–H groups in total. The summed E-state index contributed by atoms with van der Waals surface area (Å²) in [6.45, 7) is 2.39. The molecule has 0 aliphatic heterocycles. The Kier molecular flexibility index (Phi) is 4.91. The third-order valence-corrected chi connectivity index (χ3v) is 4.01. The van der Waals surface area contributed by atoms with Gasteiger partial charge in [-0.05, 0) is 42.4 Å². The van der Waals surface area contributed by atoms with E-state index in [4.69, 9.17) is 17.0 Å². The topological polar surface area (TPSA) is 57.9 Å². The van der Waals surface area contributed by atoms with E-state index in [1.54, 1.807) is 0 Å². The van der Waals surface area contributed by atoms with Crippen molar-refractivity contribution in [3.8, 4) is 5.75 Å². The first-order chi connectivity index (χ1) is 11.6. The molecule has 0 aliphatic rings. The Morgan fingerprint density at radius 2 is 1.67 bits per heavy atom. The molecule has 1 aromatic heterocycles. The molecular formula is C19H18N2O2S. The fraction of sp³-hybridized carbons (Fsp3) is 0.158. The summed E-state index contributed by atoms with van der Waals surface area (Å²) in [6.07, 6.45) is 0.548. The Hall–Kier alpha value is -2.66. The van der Waals surface area contributed by atoms with Gasteiger partial charge in [0.2, 0.25) is 0 Å². The minimum atomic E-state index is -0.138. The van der Waals surface area contributed by atoms with Crippen LogP contribution < -0.4 is 10.3 Å². The Balaban J connectivity index is 1.69. The molecule has 0 fully saturated rings. The molecule has 4 nitrogen and oxygen atoms in total. The van der Waals surface area contributed by atoms with Gasteiger partial charge in [-0.2, -0.15) is 0 Å². The summed E-state index contributed by atoms with van der Waals surface area (Å²) in [5.41, 5.74) is 3.53. The zero-order valence-electron chi connectivity index (χ0n) is 13.3. The largest absolute Gasteiger partial charge is 0.489 e. The molecule has 5 heteroatoms. The maximum absolute atomic E-state index is 12.0. The molecule has 0 atom stereocenters. The third-order valence-electron chi connectivity index (χ3n) is 3.81. The molecule has 0 spiro atoms. The van der Waals surface area contributed by atoms with Crippen molar-refractivity contribution in [2.45, 2.75) is 20.0 Å². The van der Waals surface area contributed by atoms with Crippen molar-refractivity contribution in [1.29, 1.82) is 0 Å². The van der Waals surface area contributed by atoms with Gasteiger partial charge < -0.3 is 9.72 Å². The SMILES string of the molecule is Cc1[nH]c(=S)[nH]c(=O)c1Cc1ccc(OCc2ccccc2)cc1. The molecule has 0 saturated heterocycles. The van der Waals surface area contributed by atoms with Crippen molar-refractivity contribution in [2.24, 2.45) is 0 Å². The minimum absolute atomic E-state index is 0.138. The summed E-state index contributed by atoms with van der Waals surface area (Å²) in [5.74, 6) is 0.806. The number of rotatable bonds is 5. The van der Waals surface area contributed by atoms with Crippen LogP contribution in [0.4, 0.5) is 0 Å². The van der Waals surface area contributed by atoms with Gasteiger partial charge in [0, 0.05) is 17.7 Å². The van der Waals surface area contributed by atoms with Crippen LogP contribution in [0, 0.1) is 11.7 Å². The van der Waals surface area contributed by atoms with E-state index in [0.29, 0.717) is 23.4 Å². The molecule has 0 aliphatic carbocycles. The number of H-pyrrole nitrogens is 2. The van der Waals surface area contributed by atoms with Crippen molar-refractivity contribution in [3.05, 3.63) is 92.1 Å². The van der Waals surface area contributed by atoms with Crippen molar-refractivity contribution in [3.63, 3.8) is 0 Å². The number of aromatic amines is 2. The second kappa shape index (κ2) is 7.27. The summed E-state index contributed by atoms with van der Waals surface area (Å²) in [4.78, 5) is 17.6. The average molecular weight is 338 g/mol. The smallest absolute Gasteiger partial charge is 0.255 e. The lowest BCUT2D eigenvalue weighted by atomic mass is 10.1. The Morgan fingerprint density at radius 1 is 0.958 bits per heavy atom. The van der Waals surface area contributed by atoms with Crippen LogP contribution in [0.1, 0.15) is 22.4 Å². The van der Waals surface area contributed by atoms with Crippen molar-refractivity contribution >= 4 is 12.2 Å². The summed E-state index contributed by atoms with van der Waals surface area (Å²) < 4.78 is 6.13. The van der Waals surface area contributed by atoms with Gasteiger partial charge in [0.15, 0.2) is 4.77 Å². The van der Waals surface area contributed by atoms with Gasteiger partial charge in [0.1, 0.15) is 12.4 Å². The van der Waals surface area contributed by atoms with Gasteiger partial charge in [0.25, 0.3) is 5.56 Å². The summed E-state index contributed by atoms with van der Waals surface area (Å²) in [6, 6.07) is 17.8. The molecule has 0 saturated carbocycles. The zero-order chi connectivity index (χ0) is 16.9. The molecule has 3 rings (SSSR count). The maximum atomic E-state index is 12.0. The number of ether oxygens (including phenoxy) is 1. The fourth-order valence-corrected chi connectivity index (χ4v) is 2.73. The average Bonchev–Trinajstić information content (AvgIpc) is 2.58. The first kappa shape index (κ1) is 16.2. The maximum Gasteiger partial charge on any atom is 0.255 e. The standard InChI is InChI=1S/C19H18N2O2S/c1-13-17(18(22)21-19(24)20-13)11-14-7-9-16(10-8-14)23-12-15-5-3-2-4-6-15/h2-10H,11-12H2,1H3,(H2,20,21,22,24). The molecule has 0 radical (unpaired) electrons. The number of benzene rings is 2. The van der Waals surface area contributed by atoms with Gasteiger partial charge >= 0.3 is 0 Å². The minimum Gasteiger partial charge on any atom is -0.489 e. The highest BCUT2D eigenvalue weighted by Gasteiger charge is 2.06. The number of nitrogens with one attached hydrogen (secondary N) is 2.